The summed E-state index contributed by atoms with van der Waals surface area (Å²) in [6.07, 6.45) is 0. The number of anilines is 1. The minimum Gasteiger partial charge on any atom is -0.361 e. The number of fused-ring (bicyclic) bond motifs is 1. The first-order valence-electron chi connectivity index (χ1n) is 5.86. The monoisotopic (exact) mass is 268 g/mol. The maximum absolute atomic E-state index is 5.94. The Morgan fingerprint density at radius 2 is 2.12 bits per heavy atom. The molecule has 2 aromatic rings. The molecule has 2 rings (SSSR count). The molecular weight excluding hydrogens is 252 g/mol. The van der Waals surface area contributed by atoms with Crippen LogP contribution >= 0.6 is 22.9 Å². The molecule has 1 N–H and O–H groups in total. The molecule has 0 saturated heterocycles. The summed E-state index contributed by atoms with van der Waals surface area (Å²) in [7, 11) is 0. The Bertz CT molecular complexity index is 507. The second kappa shape index (κ2) is 5.23. The molecule has 0 bridgehead atoms. The lowest BCUT2D eigenvalue weighted by Gasteiger charge is -2.15. The summed E-state index contributed by atoms with van der Waals surface area (Å²) in [4.78, 5) is 4.53. The molecule has 0 aliphatic rings. The van der Waals surface area contributed by atoms with E-state index in [0.29, 0.717) is 11.8 Å². The molecule has 4 heteroatoms. The van der Waals surface area contributed by atoms with E-state index >= 15 is 0 Å². The van der Waals surface area contributed by atoms with Crippen LogP contribution in [0.25, 0.3) is 10.2 Å². The topological polar surface area (TPSA) is 24.9 Å². The van der Waals surface area contributed by atoms with Crippen LogP contribution in [0, 0.1) is 11.8 Å². The number of hydrogen-bond acceptors (Lipinski definition) is 3. The number of hydrogen-bond donors (Lipinski definition) is 1. The van der Waals surface area contributed by atoms with Gasteiger partial charge in [0.15, 0.2) is 5.13 Å². The second-order valence-corrected chi connectivity index (χ2v) is 6.20. The van der Waals surface area contributed by atoms with Crippen molar-refractivity contribution in [1.82, 2.24) is 4.98 Å². The number of thiazole rings is 1. The molecule has 1 unspecified atom stereocenters. The summed E-state index contributed by atoms with van der Waals surface area (Å²) >= 11 is 7.62. The third kappa shape index (κ3) is 3.11. The van der Waals surface area contributed by atoms with Gasteiger partial charge in [-0.3, -0.25) is 0 Å². The van der Waals surface area contributed by atoms with Crippen LogP contribution in [0.15, 0.2) is 18.2 Å². The van der Waals surface area contributed by atoms with Gasteiger partial charge in [0.05, 0.1) is 10.2 Å². The highest BCUT2D eigenvalue weighted by Crippen LogP contribution is 2.28. The molecule has 1 heterocycles. The molecule has 1 aromatic carbocycles. The Kier molecular flexibility index (Phi) is 3.89. The van der Waals surface area contributed by atoms with Crippen LogP contribution in [0.4, 0.5) is 5.13 Å². The molecule has 0 saturated carbocycles. The van der Waals surface area contributed by atoms with Crippen molar-refractivity contribution in [3.63, 3.8) is 0 Å². The quantitative estimate of drug-likeness (QED) is 0.873. The molecule has 92 valence electrons. The van der Waals surface area contributed by atoms with Crippen molar-refractivity contribution >= 4 is 38.3 Å². The predicted octanol–water partition coefficient (Wildman–Crippen LogP) is 4.65. The van der Waals surface area contributed by atoms with Crippen LogP contribution in [0.3, 0.4) is 0 Å². The zero-order valence-corrected chi connectivity index (χ0v) is 11.9. The largest absolute Gasteiger partial charge is 0.361 e. The van der Waals surface area contributed by atoms with E-state index in [0.717, 1.165) is 22.2 Å². The van der Waals surface area contributed by atoms with Crippen molar-refractivity contribution in [3.05, 3.63) is 23.2 Å². The van der Waals surface area contributed by atoms with Crippen LogP contribution in [-0.2, 0) is 0 Å². The van der Waals surface area contributed by atoms with Crippen LogP contribution in [0.5, 0.6) is 0 Å². The average Bonchev–Trinajstić information content (AvgIpc) is 2.67. The third-order valence-electron chi connectivity index (χ3n) is 3.06. The van der Waals surface area contributed by atoms with E-state index in [2.05, 4.69) is 31.1 Å². The van der Waals surface area contributed by atoms with Crippen molar-refractivity contribution in [2.75, 3.05) is 11.9 Å². The number of nitrogens with zero attached hydrogens (tertiary/aromatic N) is 1. The lowest BCUT2D eigenvalue weighted by Crippen LogP contribution is -2.15. The molecule has 0 fully saturated rings. The number of halogens is 1. The third-order valence-corrected chi connectivity index (χ3v) is 4.29. The van der Waals surface area contributed by atoms with Gasteiger partial charge in [0.2, 0.25) is 0 Å². The van der Waals surface area contributed by atoms with Gasteiger partial charge >= 0.3 is 0 Å². The van der Waals surface area contributed by atoms with Crippen molar-refractivity contribution in [2.24, 2.45) is 11.8 Å². The van der Waals surface area contributed by atoms with Gasteiger partial charge in [-0.2, -0.15) is 0 Å². The Morgan fingerprint density at radius 3 is 2.82 bits per heavy atom. The second-order valence-electron chi connectivity index (χ2n) is 4.73. The maximum atomic E-state index is 5.94. The zero-order chi connectivity index (χ0) is 12.4. The summed E-state index contributed by atoms with van der Waals surface area (Å²) in [6, 6.07) is 5.83. The van der Waals surface area contributed by atoms with Gasteiger partial charge in [-0.05, 0) is 30.0 Å². The first-order valence-corrected chi connectivity index (χ1v) is 7.05. The van der Waals surface area contributed by atoms with Gasteiger partial charge in [-0.25, -0.2) is 4.98 Å². The SMILES string of the molecule is CC(C)C(C)CNc1nc2cc(Cl)ccc2s1. The van der Waals surface area contributed by atoms with Gasteiger partial charge in [-0.1, -0.05) is 43.7 Å². The lowest BCUT2D eigenvalue weighted by molar-refractivity contribution is 0.440. The molecule has 0 amide bonds. The summed E-state index contributed by atoms with van der Waals surface area (Å²) in [6.45, 7) is 7.70. The minimum absolute atomic E-state index is 0.644. The van der Waals surface area contributed by atoms with E-state index in [1.807, 2.05) is 18.2 Å². The fourth-order valence-electron chi connectivity index (χ4n) is 1.46. The van der Waals surface area contributed by atoms with Gasteiger partial charge in [0.25, 0.3) is 0 Å². The smallest absolute Gasteiger partial charge is 0.183 e. The van der Waals surface area contributed by atoms with E-state index in [1.165, 1.54) is 4.70 Å². The van der Waals surface area contributed by atoms with Crippen LogP contribution in [0.1, 0.15) is 20.8 Å². The molecule has 17 heavy (non-hydrogen) atoms. The standard InChI is InChI=1S/C13H17ClN2S/c1-8(2)9(3)7-15-13-16-11-6-10(14)4-5-12(11)17-13/h4-6,8-9H,7H2,1-3H3,(H,15,16). The highest BCUT2D eigenvalue weighted by Gasteiger charge is 2.08. The number of benzene rings is 1. The Morgan fingerprint density at radius 1 is 1.35 bits per heavy atom. The van der Waals surface area contributed by atoms with Gasteiger partial charge in [0.1, 0.15) is 0 Å². The fraction of sp³-hybridized carbons (Fsp3) is 0.462. The first kappa shape index (κ1) is 12.7. The molecule has 0 spiro atoms. The van der Waals surface area contributed by atoms with Crippen molar-refractivity contribution in [3.8, 4) is 0 Å². The molecular formula is C13H17ClN2S. The van der Waals surface area contributed by atoms with Crippen molar-refractivity contribution in [2.45, 2.75) is 20.8 Å². The van der Waals surface area contributed by atoms with Gasteiger partial charge in [-0.15, -0.1) is 0 Å². The molecule has 1 atom stereocenters. The van der Waals surface area contributed by atoms with Crippen molar-refractivity contribution < 1.29 is 0 Å². The molecule has 1 aromatic heterocycles. The van der Waals surface area contributed by atoms with Gasteiger partial charge in [0, 0.05) is 11.6 Å². The van der Waals surface area contributed by atoms with E-state index in [9.17, 15) is 0 Å². The molecule has 0 aliphatic heterocycles. The number of rotatable bonds is 4. The first-order chi connectivity index (χ1) is 8.06. The molecule has 0 radical (unpaired) electrons. The van der Waals surface area contributed by atoms with Crippen LogP contribution in [0.2, 0.25) is 5.02 Å². The predicted molar refractivity (Wildman–Crippen MR) is 77.1 cm³/mol. The number of nitrogens with one attached hydrogen (secondary N) is 1. The Hall–Kier alpha value is -0.800. The highest BCUT2D eigenvalue weighted by molar-refractivity contribution is 7.22. The molecule has 0 aliphatic carbocycles. The van der Waals surface area contributed by atoms with Crippen molar-refractivity contribution in [1.29, 1.82) is 0 Å². The Labute approximate surface area is 111 Å². The number of aromatic nitrogens is 1. The Balaban J connectivity index is 2.09. The van der Waals surface area contributed by atoms with E-state index < -0.39 is 0 Å². The summed E-state index contributed by atoms with van der Waals surface area (Å²) < 4.78 is 1.18. The lowest BCUT2D eigenvalue weighted by atomic mass is 9.98. The van der Waals surface area contributed by atoms with Gasteiger partial charge < -0.3 is 5.32 Å². The minimum atomic E-state index is 0.644. The van der Waals surface area contributed by atoms with Crippen LogP contribution < -0.4 is 5.32 Å². The zero-order valence-electron chi connectivity index (χ0n) is 10.3. The molecule has 2 nitrogen and oxygen atoms in total. The normalized spacial score (nSPS) is 13.2. The van der Waals surface area contributed by atoms with E-state index in [4.69, 9.17) is 11.6 Å². The fourth-order valence-corrected chi connectivity index (χ4v) is 2.48. The summed E-state index contributed by atoms with van der Waals surface area (Å²) in [5.41, 5.74) is 0.974. The maximum Gasteiger partial charge on any atom is 0.183 e. The highest BCUT2D eigenvalue weighted by atomic mass is 35.5. The summed E-state index contributed by atoms with van der Waals surface area (Å²) in [5.74, 6) is 1.33. The van der Waals surface area contributed by atoms with E-state index in [-0.39, 0.29) is 0 Å². The average molecular weight is 269 g/mol. The van der Waals surface area contributed by atoms with E-state index in [1.54, 1.807) is 11.3 Å². The van der Waals surface area contributed by atoms with Crippen LogP contribution in [-0.4, -0.2) is 11.5 Å². The summed E-state index contributed by atoms with van der Waals surface area (Å²) in [5, 5.41) is 5.12.